The summed E-state index contributed by atoms with van der Waals surface area (Å²) in [6.45, 7) is 6.64. The minimum Gasteiger partial charge on any atom is -0.484 e. The minimum atomic E-state index is -0.850. The van der Waals surface area contributed by atoms with Gasteiger partial charge < -0.3 is 14.9 Å². The summed E-state index contributed by atoms with van der Waals surface area (Å²) >= 11 is 5.91. The zero-order valence-corrected chi connectivity index (χ0v) is 24.1. The molecule has 0 bridgehead atoms. The fourth-order valence-corrected chi connectivity index (χ4v) is 5.34. The van der Waals surface area contributed by atoms with Crippen molar-refractivity contribution in [2.24, 2.45) is 5.41 Å². The van der Waals surface area contributed by atoms with Gasteiger partial charge in [-0.15, -0.1) is 0 Å². The van der Waals surface area contributed by atoms with E-state index in [4.69, 9.17) is 17.0 Å². The number of unbranched alkanes of at least 4 members (excludes halogenated alkanes) is 16. The van der Waals surface area contributed by atoms with Gasteiger partial charge in [-0.2, -0.15) is 0 Å². The zero-order valence-electron chi connectivity index (χ0n) is 23.3. The Hall–Kier alpha value is -0.190. The Morgan fingerprint density at radius 1 is 0.618 bits per heavy atom. The highest BCUT2D eigenvalue weighted by atomic mass is 32.1. The molecule has 1 unspecified atom stereocenters. The molecule has 1 atom stereocenters. The smallest absolute Gasteiger partial charge is 0.165 e. The number of hydrogen-bond donors (Lipinski definition) is 2. The zero-order chi connectivity index (χ0) is 25.3. The van der Waals surface area contributed by atoms with E-state index in [0.717, 1.165) is 19.3 Å². The van der Waals surface area contributed by atoms with Crippen LogP contribution in [-0.2, 0) is 4.74 Å². The van der Waals surface area contributed by atoms with Crippen LogP contribution in [-0.4, -0.2) is 34.6 Å². The van der Waals surface area contributed by atoms with E-state index in [1.54, 1.807) is 0 Å². The molecule has 0 aliphatic rings. The summed E-state index contributed by atoms with van der Waals surface area (Å²) in [5.41, 5.74) is -0.0521. The van der Waals surface area contributed by atoms with Crippen molar-refractivity contribution in [2.45, 2.75) is 168 Å². The molecule has 0 aliphatic heterocycles. The molecule has 0 saturated heterocycles. The van der Waals surface area contributed by atoms with Gasteiger partial charge in [0.05, 0.1) is 6.61 Å². The van der Waals surface area contributed by atoms with Crippen molar-refractivity contribution in [1.29, 1.82) is 0 Å². The second-order valence-corrected chi connectivity index (χ2v) is 11.0. The molecule has 0 fully saturated rings. The third kappa shape index (κ3) is 18.1. The van der Waals surface area contributed by atoms with Gasteiger partial charge in [0, 0.05) is 5.41 Å². The van der Waals surface area contributed by atoms with E-state index in [2.05, 4.69) is 20.8 Å². The minimum absolute atomic E-state index is 0.0521. The number of hydrogen-bond acceptors (Lipinski definition) is 4. The van der Waals surface area contributed by atoms with Crippen molar-refractivity contribution in [3.05, 3.63) is 0 Å². The lowest BCUT2D eigenvalue weighted by molar-refractivity contribution is 0.0439. The quantitative estimate of drug-likeness (QED) is 0.0917. The predicted molar refractivity (Wildman–Crippen MR) is 153 cm³/mol. The Morgan fingerprint density at radius 2 is 0.941 bits per heavy atom. The van der Waals surface area contributed by atoms with Crippen LogP contribution in [0, 0.1) is 5.41 Å². The average Bonchev–Trinajstić information content (AvgIpc) is 2.85. The molecule has 0 aliphatic carbocycles. The Morgan fingerprint density at radius 3 is 1.26 bits per heavy atom. The lowest BCUT2D eigenvalue weighted by atomic mass is 9.74. The molecule has 0 aromatic carbocycles. The fraction of sp³-hybridized carbons (Fsp3) is 0.967. The standard InChI is InChI=1S/C30H60O3S/c1-4-7-10-13-16-19-22-25-30(23-20-17-14-11-8-5-2,24-21-18-15-12-9-6-3)29(34)33-27-28(32)26-31/h28,31-32H,4-27H2,1-3H3. The first-order valence-electron chi connectivity index (χ1n) is 15.0. The van der Waals surface area contributed by atoms with Crippen LogP contribution in [0.3, 0.4) is 0 Å². The number of rotatable bonds is 26. The molecule has 0 radical (unpaired) electrons. The first kappa shape index (κ1) is 33.8. The topological polar surface area (TPSA) is 49.7 Å². The van der Waals surface area contributed by atoms with Crippen LogP contribution in [0.15, 0.2) is 0 Å². The van der Waals surface area contributed by atoms with Crippen LogP contribution in [0.25, 0.3) is 0 Å². The van der Waals surface area contributed by atoms with E-state index in [-0.39, 0.29) is 18.6 Å². The lowest BCUT2D eigenvalue weighted by Gasteiger charge is -2.35. The van der Waals surface area contributed by atoms with E-state index >= 15 is 0 Å². The van der Waals surface area contributed by atoms with Crippen molar-refractivity contribution >= 4 is 17.3 Å². The van der Waals surface area contributed by atoms with Gasteiger partial charge in [-0.1, -0.05) is 143 Å². The maximum atomic E-state index is 9.85. The van der Waals surface area contributed by atoms with Crippen LogP contribution >= 0.6 is 12.2 Å². The van der Waals surface area contributed by atoms with Crippen LogP contribution in [0.4, 0.5) is 0 Å². The third-order valence-corrected chi connectivity index (χ3v) is 7.88. The number of aliphatic hydroxyl groups excluding tert-OH is 2. The predicted octanol–water partition coefficient (Wildman–Crippen LogP) is 9.31. The Bertz CT molecular complexity index is 425. The molecule has 0 spiro atoms. The van der Waals surface area contributed by atoms with E-state index in [1.807, 2.05) is 0 Å². The second kappa shape index (κ2) is 24.5. The highest BCUT2D eigenvalue weighted by Crippen LogP contribution is 2.40. The highest BCUT2D eigenvalue weighted by molar-refractivity contribution is 7.80. The molecule has 0 heterocycles. The molecular formula is C30H60O3S. The van der Waals surface area contributed by atoms with Gasteiger partial charge in [-0.3, -0.25) is 0 Å². The summed E-state index contributed by atoms with van der Waals surface area (Å²) in [5.74, 6) is 0. The van der Waals surface area contributed by atoms with E-state index < -0.39 is 6.10 Å². The molecule has 2 N–H and O–H groups in total. The van der Waals surface area contributed by atoms with E-state index in [1.165, 1.54) is 122 Å². The highest BCUT2D eigenvalue weighted by Gasteiger charge is 2.35. The van der Waals surface area contributed by atoms with Crippen LogP contribution in [0.1, 0.15) is 162 Å². The molecule has 3 nitrogen and oxygen atoms in total. The van der Waals surface area contributed by atoms with Gasteiger partial charge in [0.15, 0.2) is 5.05 Å². The number of aliphatic hydroxyl groups is 2. The Balaban J connectivity index is 5.04. The summed E-state index contributed by atoms with van der Waals surface area (Å²) in [6.07, 6.45) is 27.2. The molecule has 0 aromatic heterocycles. The fourth-order valence-electron chi connectivity index (χ4n) is 4.97. The van der Waals surface area contributed by atoms with Crippen molar-refractivity contribution in [1.82, 2.24) is 0 Å². The second-order valence-electron chi connectivity index (χ2n) is 10.6. The lowest BCUT2D eigenvalue weighted by Crippen LogP contribution is -2.34. The normalized spacial score (nSPS) is 12.7. The average molecular weight is 501 g/mol. The third-order valence-electron chi connectivity index (χ3n) is 7.33. The largest absolute Gasteiger partial charge is 0.484 e. The van der Waals surface area contributed by atoms with Crippen LogP contribution < -0.4 is 0 Å². The molecule has 34 heavy (non-hydrogen) atoms. The van der Waals surface area contributed by atoms with E-state index in [9.17, 15) is 10.2 Å². The van der Waals surface area contributed by atoms with Gasteiger partial charge in [-0.25, -0.2) is 0 Å². The van der Waals surface area contributed by atoms with Crippen molar-refractivity contribution < 1.29 is 14.9 Å². The van der Waals surface area contributed by atoms with Crippen LogP contribution in [0.2, 0.25) is 0 Å². The molecule has 0 saturated carbocycles. The van der Waals surface area contributed by atoms with Gasteiger partial charge in [-0.05, 0) is 31.5 Å². The van der Waals surface area contributed by atoms with Crippen LogP contribution in [0.5, 0.6) is 0 Å². The monoisotopic (exact) mass is 500 g/mol. The SMILES string of the molecule is CCCCCCCCCC(CCCCCCCC)(CCCCCCCC)C(=S)OCC(O)CO. The molecule has 0 aromatic rings. The summed E-state index contributed by atoms with van der Waals surface area (Å²) < 4.78 is 5.98. The first-order chi connectivity index (χ1) is 16.6. The molecule has 0 amide bonds. The summed E-state index contributed by atoms with van der Waals surface area (Å²) in [6, 6.07) is 0. The van der Waals surface area contributed by atoms with Gasteiger partial charge in [0.1, 0.15) is 12.7 Å². The Kier molecular flexibility index (Phi) is 24.4. The van der Waals surface area contributed by atoms with Crippen molar-refractivity contribution in [3.8, 4) is 0 Å². The first-order valence-corrected chi connectivity index (χ1v) is 15.4. The summed E-state index contributed by atoms with van der Waals surface area (Å²) in [7, 11) is 0. The molecule has 0 rings (SSSR count). The van der Waals surface area contributed by atoms with Gasteiger partial charge >= 0.3 is 0 Å². The Labute approximate surface area is 218 Å². The number of thiocarbonyl (C=S) groups is 1. The summed E-state index contributed by atoms with van der Waals surface area (Å²) in [5, 5.41) is 19.8. The molecule has 204 valence electrons. The van der Waals surface area contributed by atoms with Gasteiger partial charge in [0.2, 0.25) is 0 Å². The van der Waals surface area contributed by atoms with Gasteiger partial charge in [0.25, 0.3) is 0 Å². The number of ether oxygens (including phenoxy) is 1. The molecule has 4 heteroatoms. The van der Waals surface area contributed by atoms with E-state index in [0.29, 0.717) is 5.05 Å². The maximum Gasteiger partial charge on any atom is 0.165 e. The van der Waals surface area contributed by atoms with Crippen molar-refractivity contribution in [3.63, 3.8) is 0 Å². The van der Waals surface area contributed by atoms with Crippen molar-refractivity contribution in [2.75, 3.05) is 13.2 Å². The maximum absolute atomic E-state index is 9.85. The summed E-state index contributed by atoms with van der Waals surface area (Å²) in [4.78, 5) is 0. The molecular weight excluding hydrogens is 440 g/mol.